The van der Waals surface area contributed by atoms with Gasteiger partial charge in [-0.3, -0.25) is 9.59 Å². The fourth-order valence-electron chi connectivity index (χ4n) is 3.31. The molecule has 0 spiro atoms. The average molecular weight is 278 g/mol. The number of allylic oxidation sites excluding steroid dienone is 1. The molecule has 0 aromatic heterocycles. The van der Waals surface area contributed by atoms with Gasteiger partial charge in [0, 0.05) is 6.04 Å². The van der Waals surface area contributed by atoms with Crippen molar-refractivity contribution in [2.75, 3.05) is 0 Å². The molecule has 112 valence electrons. The lowest BCUT2D eigenvalue weighted by molar-refractivity contribution is -0.154. The molecule has 0 aromatic rings. The van der Waals surface area contributed by atoms with E-state index in [9.17, 15) is 9.59 Å². The number of hydrogen-bond donors (Lipinski definition) is 1. The number of amides is 2. The monoisotopic (exact) mass is 278 g/mol. The Bertz CT molecular complexity index is 403. The molecule has 4 heteroatoms. The molecule has 1 saturated heterocycles. The van der Waals surface area contributed by atoms with E-state index < -0.39 is 0 Å². The standard InChI is InChI=1S/C16H26N2O2/c1-4-8-13-16(20)18(12-9-6-5-7-10-12)14(11(2)3)15(19)17-13/h5-6,11-14H,4,7-10H2,1-3H3,(H,17,19). The van der Waals surface area contributed by atoms with Gasteiger partial charge in [0.05, 0.1) is 0 Å². The van der Waals surface area contributed by atoms with E-state index in [0.717, 1.165) is 32.1 Å². The minimum atomic E-state index is -0.326. The quantitative estimate of drug-likeness (QED) is 0.802. The van der Waals surface area contributed by atoms with E-state index in [-0.39, 0.29) is 35.9 Å². The molecule has 0 aromatic carbocycles. The van der Waals surface area contributed by atoms with E-state index in [2.05, 4.69) is 17.5 Å². The number of nitrogens with one attached hydrogen (secondary N) is 1. The second-order valence-corrected chi connectivity index (χ2v) is 6.22. The maximum Gasteiger partial charge on any atom is 0.246 e. The SMILES string of the molecule is CCCC1NC(=O)C(C(C)C)N(C2CC=CCC2)C1=O. The zero-order chi connectivity index (χ0) is 14.7. The summed E-state index contributed by atoms with van der Waals surface area (Å²) in [4.78, 5) is 27.1. The van der Waals surface area contributed by atoms with Crippen LogP contribution in [0.15, 0.2) is 12.2 Å². The zero-order valence-electron chi connectivity index (χ0n) is 12.8. The number of hydrogen-bond acceptors (Lipinski definition) is 2. The van der Waals surface area contributed by atoms with Crippen LogP contribution in [-0.2, 0) is 9.59 Å². The first kappa shape index (κ1) is 15.1. The molecule has 3 unspecified atom stereocenters. The van der Waals surface area contributed by atoms with E-state index in [1.807, 2.05) is 25.7 Å². The normalized spacial score (nSPS) is 30.8. The first-order chi connectivity index (χ1) is 9.56. The zero-order valence-corrected chi connectivity index (χ0v) is 12.8. The Hall–Kier alpha value is -1.32. The molecule has 2 rings (SSSR count). The summed E-state index contributed by atoms with van der Waals surface area (Å²) in [5, 5.41) is 2.92. The molecule has 1 aliphatic heterocycles. The van der Waals surface area contributed by atoms with Crippen LogP contribution in [0.2, 0.25) is 0 Å². The van der Waals surface area contributed by atoms with Gasteiger partial charge in [-0.1, -0.05) is 39.3 Å². The van der Waals surface area contributed by atoms with Crippen molar-refractivity contribution in [1.29, 1.82) is 0 Å². The van der Waals surface area contributed by atoms with Gasteiger partial charge in [-0.2, -0.15) is 0 Å². The van der Waals surface area contributed by atoms with Crippen molar-refractivity contribution >= 4 is 11.8 Å². The van der Waals surface area contributed by atoms with Crippen LogP contribution in [-0.4, -0.2) is 34.8 Å². The molecule has 1 fully saturated rings. The van der Waals surface area contributed by atoms with E-state index in [1.165, 1.54) is 0 Å². The fourth-order valence-corrected chi connectivity index (χ4v) is 3.31. The number of piperazine rings is 1. The highest BCUT2D eigenvalue weighted by Crippen LogP contribution is 2.27. The van der Waals surface area contributed by atoms with Crippen molar-refractivity contribution in [3.05, 3.63) is 12.2 Å². The van der Waals surface area contributed by atoms with Crippen molar-refractivity contribution in [3.63, 3.8) is 0 Å². The molecule has 0 saturated carbocycles. The topological polar surface area (TPSA) is 49.4 Å². The van der Waals surface area contributed by atoms with Crippen LogP contribution >= 0.6 is 0 Å². The van der Waals surface area contributed by atoms with E-state index in [1.54, 1.807) is 0 Å². The van der Waals surface area contributed by atoms with Gasteiger partial charge in [-0.25, -0.2) is 0 Å². The van der Waals surface area contributed by atoms with Crippen LogP contribution < -0.4 is 5.32 Å². The summed E-state index contributed by atoms with van der Waals surface area (Å²) >= 11 is 0. The maximum absolute atomic E-state index is 12.8. The number of nitrogens with zero attached hydrogens (tertiary/aromatic N) is 1. The Morgan fingerprint density at radius 1 is 1.35 bits per heavy atom. The smallest absolute Gasteiger partial charge is 0.246 e. The summed E-state index contributed by atoms with van der Waals surface area (Å²) in [5.41, 5.74) is 0. The van der Waals surface area contributed by atoms with Crippen molar-refractivity contribution in [3.8, 4) is 0 Å². The Balaban J connectivity index is 2.25. The van der Waals surface area contributed by atoms with Crippen LogP contribution in [0, 0.1) is 5.92 Å². The third-order valence-corrected chi connectivity index (χ3v) is 4.28. The highest BCUT2D eigenvalue weighted by Gasteiger charge is 2.44. The highest BCUT2D eigenvalue weighted by molar-refractivity contribution is 5.97. The average Bonchev–Trinajstić information content (AvgIpc) is 2.43. The lowest BCUT2D eigenvalue weighted by Crippen LogP contribution is -2.67. The van der Waals surface area contributed by atoms with Gasteiger partial charge >= 0.3 is 0 Å². The van der Waals surface area contributed by atoms with Gasteiger partial charge in [-0.15, -0.1) is 0 Å². The van der Waals surface area contributed by atoms with E-state index >= 15 is 0 Å². The maximum atomic E-state index is 12.8. The molecule has 1 aliphatic carbocycles. The predicted molar refractivity (Wildman–Crippen MR) is 79.1 cm³/mol. The third kappa shape index (κ3) is 2.89. The molecular formula is C16H26N2O2. The van der Waals surface area contributed by atoms with E-state index in [4.69, 9.17) is 0 Å². The molecule has 0 bridgehead atoms. The van der Waals surface area contributed by atoms with Gasteiger partial charge in [0.2, 0.25) is 11.8 Å². The highest BCUT2D eigenvalue weighted by atomic mass is 16.2. The summed E-state index contributed by atoms with van der Waals surface area (Å²) in [7, 11) is 0. The van der Waals surface area contributed by atoms with Crippen molar-refractivity contribution < 1.29 is 9.59 Å². The Labute approximate surface area is 121 Å². The van der Waals surface area contributed by atoms with Crippen LogP contribution in [0.25, 0.3) is 0 Å². The summed E-state index contributed by atoms with van der Waals surface area (Å²) in [5.74, 6) is 0.283. The molecule has 20 heavy (non-hydrogen) atoms. The van der Waals surface area contributed by atoms with Crippen LogP contribution in [0.5, 0.6) is 0 Å². The van der Waals surface area contributed by atoms with Gasteiger partial charge in [0.25, 0.3) is 0 Å². The molecule has 0 radical (unpaired) electrons. The minimum Gasteiger partial charge on any atom is -0.342 e. The minimum absolute atomic E-state index is 0.0209. The predicted octanol–water partition coefficient (Wildman–Crippen LogP) is 2.25. The van der Waals surface area contributed by atoms with Crippen molar-refractivity contribution in [2.45, 2.75) is 71.0 Å². The van der Waals surface area contributed by atoms with Gasteiger partial charge < -0.3 is 10.2 Å². The van der Waals surface area contributed by atoms with Crippen LogP contribution in [0.3, 0.4) is 0 Å². The van der Waals surface area contributed by atoms with Crippen molar-refractivity contribution in [1.82, 2.24) is 10.2 Å². The van der Waals surface area contributed by atoms with Crippen LogP contribution in [0.4, 0.5) is 0 Å². The second kappa shape index (κ2) is 6.42. The fraction of sp³-hybridized carbons (Fsp3) is 0.750. The first-order valence-corrected chi connectivity index (χ1v) is 7.83. The molecule has 4 nitrogen and oxygen atoms in total. The molecule has 2 aliphatic rings. The number of rotatable bonds is 4. The van der Waals surface area contributed by atoms with Gasteiger partial charge in [0.1, 0.15) is 12.1 Å². The van der Waals surface area contributed by atoms with Crippen molar-refractivity contribution in [2.24, 2.45) is 5.92 Å². The summed E-state index contributed by atoms with van der Waals surface area (Å²) < 4.78 is 0. The molecule has 1 N–H and O–H groups in total. The lowest BCUT2D eigenvalue weighted by atomic mass is 9.90. The Kier molecular flexibility index (Phi) is 4.84. The molecule has 1 heterocycles. The first-order valence-electron chi connectivity index (χ1n) is 7.83. The summed E-state index contributed by atoms with van der Waals surface area (Å²) in [6.07, 6.45) is 8.78. The van der Waals surface area contributed by atoms with E-state index in [0.29, 0.717) is 0 Å². The number of carbonyl (C=O) groups is 2. The molecule has 3 atom stereocenters. The third-order valence-electron chi connectivity index (χ3n) is 4.28. The molecule has 2 amide bonds. The Morgan fingerprint density at radius 3 is 2.65 bits per heavy atom. The number of carbonyl (C=O) groups excluding carboxylic acids is 2. The summed E-state index contributed by atoms with van der Waals surface area (Å²) in [6, 6.07) is -0.453. The van der Waals surface area contributed by atoms with Gasteiger partial charge in [-0.05, 0) is 31.6 Å². The molecular weight excluding hydrogens is 252 g/mol. The largest absolute Gasteiger partial charge is 0.342 e. The second-order valence-electron chi connectivity index (χ2n) is 6.22. The van der Waals surface area contributed by atoms with Crippen LogP contribution in [0.1, 0.15) is 52.9 Å². The lowest BCUT2D eigenvalue weighted by Gasteiger charge is -2.45. The van der Waals surface area contributed by atoms with Gasteiger partial charge in [0.15, 0.2) is 0 Å². The Morgan fingerprint density at radius 2 is 2.10 bits per heavy atom. The summed E-state index contributed by atoms with van der Waals surface area (Å²) in [6.45, 7) is 6.08.